The van der Waals surface area contributed by atoms with Crippen LogP contribution in [0.1, 0.15) is 26.6 Å². The first-order valence-corrected chi connectivity index (χ1v) is 8.89. The number of aromatic nitrogens is 2. The fourth-order valence-electron chi connectivity index (χ4n) is 3.18. The Hall–Kier alpha value is -2.79. The number of carbonyl (C=O) groups is 1. The second kappa shape index (κ2) is 5.93. The molecule has 0 aliphatic rings. The van der Waals surface area contributed by atoms with Crippen LogP contribution in [0.25, 0.3) is 21.1 Å². The maximum absolute atomic E-state index is 12.9. The van der Waals surface area contributed by atoms with Gasteiger partial charge in [-0.05, 0) is 50.6 Å². The number of pyridine rings is 1. The van der Waals surface area contributed by atoms with Gasteiger partial charge in [-0.3, -0.25) is 9.78 Å². The van der Waals surface area contributed by atoms with Gasteiger partial charge in [-0.1, -0.05) is 18.2 Å². The minimum atomic E-state index is -0.131. The molecule has 4 nitrogen and oxygen atoms in total. The van der Waals surface area contributed by atoms with Crippen LogP contribution in [0.15, 0.2) is 42.5 Å². The number of hydrogen-bond acceptors (Lipinski definition) is 4. The first-order valence-electron chi connectivity index (χ1n) is 8.07. The van der Waals surface area contributed by atoms with Gasteiger partial charge < -0.3 is 5.32 Å². The van der Waals surface area contributed by atoms with Crippen molar-refractivity contribution in [3.63, 3.8) is 0 Å². The van der Waals surface area contributed by atoms with Crippen LogP contribution < -0.4 is 5.32 Å². The summed E-state index contributed by atoms with van der Waals surface area (Å²) in [5.74, 6) is -0.131. The molecule has 0 bridgehead atoms. The van der Waals surface area contributed by atoms with Gasteiger partial charge in [-0.2, -0.15) is 0 Å². The number of carbonyl (C=O) groups excluding carboxylic acids is 1. The Bertz CT molecular complexity index is 1130. The highest BCUT2D eigenvalue weighted by Crippen LogP contribution is 2.27. The molecule has 2 aromatic carbocycles. The Morgan fingerprint density at radius 3 is 2.64 bits per heavy atom. The highest BCUT2D eigenvalue weighted by Gasteiger charge is 2.16. The van der Waals surface area contributed by atoms with Gasteiger partial charge in [-0.25, -0.2) is 4.98 Å². The highest BCUT2D eigenvalue weighted by atomic mass is 32.1. The molecule has 0 aliphatic carbocycles. The number of nitrogens with one attached hydrogen (secondary N) is 1. The van der Waals surface area contributed by atoms with E-state index in [1.54, 1.807) is 11.3 Å². The van der Waals surface area contributed by atoms with E-state index in [0.717, 1.165) is 43.1 Å². The van der Waals surface area contributed by atoms with Crippen molar-refractivity contribution in [2.24, 2.45) is 0 Å². The molecule has 1 N–H and O–H groups in total. The molecule has 2 aromatic heterocycles. The summed E-state index contributed by atoms with van der Waals surface area (Å²) < 4.78 is 1.07. The largest absolute Gasteiger partial charge is 0.322 e. The maximum atomic E-state index is 12.9. The third kappa shape index (κ3) is 2.76. The minimum absolute atomic E-state index is 0.131. The molecule has 0 unspecified atom stereocenters. The summed E-state index contributed by atoms with van der Waals surface area (Å²) in [6.07, 6.45) is 0. The van der Waals surface area contributed by atoms with Crippen molar-refractivity contribution >= 4 is 44.1 Å². The minimum Gasteiger partial charge on any atom is -0.322 e. The monoisotopic (exact) mass is 347 g/mol. The number of benzene rings is 2. The normalized spacial score (nSPS) is 11.2. The Morgan fingerprint density at radius 2 is 1.80 bits per heavy atom. The molecule has 4 aromatic rings. The Kier molecular flexibility index (Phi) is 3.73. The first-order chi connectivity index (χ1) is 12.0. The average molecular weight is 347 g/mol. The van der Waals surface area contributed by atoms with Crippen molar-refractivity contribution in [1.29, 1.82) is 0 Å². The zero-order valence-corrected chi connectivity index (χ0v) is 15.1. The lowest BCUT2D eigenvalue weighted by molar-refractivity contribution is 0.102. The molecule has 1 amide bonds. The van der Waals surface area contributed by atoms with Crippen LogP contribution >= 0.6 is 11.3 Å². The van der Waals surface area contributed by atoms with Crippen LogP contribution in [-0.2, 0) is 0 Å². The molecule has 124 valence electrons. The third-order valence-electron chi connectivity index (χ3n) is 4.31. The van der Waals surface area contributed by atoms with Crippen LogP contribution in [0, 0.1) is 20.8 Å². The predicted octanol–water partition coefficient (Wildman–Crippen LogP) is 5.02. The SMILES string of the molecule is Cc1nc2ccc(NC(=O)c3c(C)nc4ccccc4c3C)cc2s1. The second-order valence-corrected chi connectivity index (χ2v) is 7.32. The molecule has 0 atom stereocenters. The number of fused-ring (bicyclic) bond motifs is 2. The van der Waals surface area contributed by atoms with Crippen molar-refractivity contribution < 1.29 is 4.79 Å². The van der Waals surface area contributed by atoms with E-state index in [1.807, 2.05) is 63.2 Å². The quantitative estimate of drug-likeness (QED) is 0.554. The van der Waals surface area contributed by atoms with Gasteiger partial charge in [0.2, 0.25) is 0 Å². The molecule has 2 heterocycles. The molecule has 0 saturated heterocycles. The van der Waals surface area contributed by atoms with E-state index in [2.05, 4.69) is 15.3 Å². The molecule has 0 saturated carbocycles. The lowest BCUT2D eigenvalue weighted by atomic mass is 10.0. The number of aryl methyl sites for hydroxylation is 3. The highest BCUT2D eigenvalue weighted by molar-refractivity contribution is 7.18. The standard InChI is InChI=1S/C20H17N3OS/c1-11-15-6-4-5-7-16(15)21-12(2)19(11)20(24)23-14-8-9-17-18(10-14)25-13(3)22-17/h4-10H,1-3H3,(H,23,24). The summed E-state index contributed by atoms with van der Waals surface area (Å²) in [6.45, 7) is 5.84. The first kappa shape index (κ1) is 15.7. The smallest absolute Gasteiger partial charge is 0.257 e. The number of hydrogen-bond donors (Lipinski definition) is 1. The molecule has 0 spiro atoms. The van der Waals surface area contributed by atoms with Crippen LogP contribution in [0.3, 0.4) is 0 Å². The Labute approximate surface area is 149 Å². The topological polar surface area (TPSA) is 54.9 Å². The van der Waals surface area contributed by atoms with Crippen LogP contribution in [0.5, 0.6) is 0 Å². The number of rotatable bonds is 2. The van der Waals surface area contributed by atoms with Gasteiger partial charge in [-0.15, -0.1) is 11.3 Å². The summed E-state index contributed by atoms with van der Waals surface area (Å²) >= 11 is 1.62. The zero-order valence-electron chi connectivity index (χ0n) is 14.3. The van der Waals surface area contributed by atoms with E-state index in [-0.39, 0.29) is 5.91 Å². The summed E-state index contributed by atoms with van der Waals surface area (Å²) in [5.41, 5.74) is 4.97. The molecule has 0 fully saturated rings. The number of anilines is 1. The Balaban J connectivity index is 1.73. The van der Waals surface area contributed by atoms with Crippen molar-refractivity contribution in [3.8, 4) is 0 Å². The van der Waals surface area contributed by atoms with E-state index < -0.39 is 0 Å². The molecule has 25 heavy (non-hydrogen) atoms. The number of thiazole rings is 1. The maximum Gasteiger partial charge on any atom is 0.257 e. The zero-order chi connectivity index (χ0) is 17.6. The van der Waals surface area contributed by atoms with E-state index in [9.17, 15) is 4.79 Å². The predicted molar refractivity (Wildman–Crippen MR) is 104 cm³/mol. The van der Waals surface area contributed by atoms with Gasteiger partial charge >= 0.3 is 0 Å². The van der Waals surface area contributed by atoms with E-state index >= 15 is 0 Å². The van der Waals surface area contributed by atoms with Crippen molar-refractivity contribution in [2.45, 2.75) is 20.8 Å². The summed E-state index contributed by atoms with van der Waals surface area (Å²) in [5, 5.41) is 5.03. The van der Waals surface area contributed by atoms with Crippen LogP contribution in [0.2, 0.25) is 0 Å². The van der Waals surface area contributed by atoms with Gasteiger partial charge in [0.15, 0.2) is 0 Å². The van der Waals surface area contributed by atoms with E-state index in [0.29, 0.717) is 5.56 Å². The Morgan fingerprint density at radius 1 is 1.00 bits per heavy atom. The summed E-state index contributed by atoms with van der Waals surface area (Å²) in [7, 11) is 0. The second-order valence-electron chi connectivity index (χ2n) is 6.08. The molecular formula is C20H17N3OS. The van der Waals surface area contributed by atoms with Crippen LogP contribution in [-0.4, -0.2) is 15.9 Å². The molecule has 5 heteroatoms. The number of nitrogens with zero attached hydrogens (tertiary/aromatic N) is 2. The lowest BCUT2D eigenvalue weighted by Crippen LogP contribution is -2.16. The van der Waals surface area contributed by atoms with Crippen molar-refractivity contribution in [3.05, 3.63) is 64.3 Å². The van der Waals surface area contributed by atoms with Gasteiger partial charge in [0.25, 0.3) is 5.91 Å². The van der Waals surface area contributed by atoms with E-state index in [1.165, 1.54) is 0 Å². The molecule has 4 rings (SSSR count). The van der Waals surface area contributed by atoms with Gasteiger partial charge in [0.05, 0.1) is 32.0 Å². The molecular weight excluding hydrogens is 330 g/mol. The van der Waals surface area contributed by atoms with Crippen LogP contribution in [0.4, 0.5) is 5.69 Å². The fraction of sp³-hybridized carbons (Fsp3) is 0.150. The third-order valence-corrected chi connectivity index (χ3v) is 5.25. The van der Waals surface area contributed by atoms with Gasteiger partial charge in [0.1, 0.15) is 0 Å². The summed E-state index contributed by atoms with van der Waals surface area (Å²) in [4.78, 5) is 21.9. The lowest BCUT2D eigenvalue weighted by Gasteiger charge is -2.12. The van der Waals surface area contributed by atoms with Crippen molar-refractivity contribution in [2.75, 3.05) is 5.32 Å². The number of amides is 1. The van der Waals surface area contributed by atoms with Gasteiger partial charge in [0, 0.05) is 11.1 Å². The van der Waals surface area contributed by atoms with Crippen molar-refractivity contribution in [1.82, 2.24) is 9.97 Å². The molecule has 0 radical (unpaired) electrons. The average Bonchev–Trinajstić information content (AvgIpc) is 2.94. The summed E-state index contributed by atoms with van der Waals surface area (Å²) in [6, 6.07) is 13.7. The molecule has 0 aliphatic heterocycles. The fourth-order valence-corrected chi connectivity index (χ4v) is 4.04. The van der Waals surface area contributed by atoms with E-state index in [4.69, 9.17) is 0 Å². The number of para-hydroxylation sites is 1.